The number of esters is 1. The highest BCUT2D eigenvalue weighted by Crippen LogP contribution is 2.39. The quantitative estimate of drug-likeness (QED) is 0.634. The maximum Gasteiger partial charge on any atom is 0.308 e. The van der Waals surface area contributed by atoms with Crippen molar-refractivity contribution in [3.8, 4) is 5.00 Å². The zero-order valence-electron chi connectivity index (χ0n) is 17.5. The first kappa shape index (κ1) is 20.4. The van der Waals surface area contributed by atoms with E-state index < -0.39 is 12.0 Å². The van der Waals surface area contributed by atoms with Crippen LogP contribution in [-0.2, 0) is 9.53 Å². The first-order valence-corrected chi connectivity index (χ1v) is 10.7. The second-order valence-electron chi connectivity index (χ2n) is 7.41. The Morgan fingerprint density at radius 3 is 2.60 bits per heavy atom. The summed E-state index contributed by atoms with van der Waals surface area (Å²) in [5.41, 5.74) is 5.22. The van der Waals surface area contributed by atoms with Gasteiger partial charge in [0.1, 0.15) is 23.5 Å². The van der Waals surface area contributed by atoms with E-state index in [-0.39, 0.29) is 19.6 Å². The first-order valence-electron chi connectivity index (χ1n) is 9.84. The molecule has 0 fully saturated rings. The summed E-state index contributed by atoms with van der Waals surface area (Å²) in [5, 5.41) is 18.6. The average molecular weight is 425 g/mol. The fraction of sp³-hybridized carbons (Fsp3) is 0.364. The molecule has 8 heteroatoms. The van der Waals surface area contributed by atoms with E-state index >= 15 is 0 Å². The van der Waals surface area contributed by atoms with E-state index in [1.807, 2.05) is 11.5 Å². The smallest absolute Gasteiger partial charge is 0.308 e. The third-order valence-corrected chi connectivity index (χ3v) is 6.47. The Kier molecular flexibility index (Phi) is 5.53. The minimum absolute atomic E-state index is 0.0282. The minimum atomic E-state index is -0.534. The van der Waals surface area contributed by atoms with Gasteiger partial charge in [-0.25, -0.2) is 0 Å². The van der Waals surface area contributed by atoms with Gasteiger partial charge < -0.3 is 9.84 Å². The van der Waals surface area contributed by atoms with E-state index in [0.29, 0.717) is 5.82 Å². The van der Waals surface area contributed by atoms with Crippen LogP contribution in [0, 0.1) is 27.7 Å². The number of benzene rings is 1. The van der Waals surface area contributed by atoms with E-state index in [9.17, 15) is 4.79 Å². The molecule has 0 saturated carbocycles. The van der Waals surface area contributed by atoms with Crippen molar-refractivity contribution in [3.05, 3.63) is 63.0 Å². The normalized spacial score (nSPS) is 15.2. The summed E-state index contributed by atoms with van der Waals surface area (Å²) in [4.78, 5) is 18.6. The number of ether oxygens (including phenoxy) is 1. The van der Waals surface area contributed by atoms with E-state index in [0.717, 1.165) is 33.2 Å². The van der Waals surface area contributed by atoms with Crippen LogP contribution < -0.4 is 0 Å². The van der Waals surface area contributed by atoms with Gasteiger partial charge in [0.2, 0.25) is 0 Å². The summed E-state index contributed by atoms with van der Waals surface area (Å²) in [6.45, 7) is 7.92. The largest absolute Gasteiger partial charge is 0.463 e. The van der Waals surface area contributed by atoms with Gasteiger partial charge in [0.25, 0.3) is 0 Å². The van der Waals surface area contributed by atoms with Crippen LogP contribution in [0.15, 0.2) is 29.3 Å². The molecule has 1 aromatic carbocycles. The fourth-order valence-corrected chi connectivity index (χ4v) is 4.83. The number of thiophene rings is 1. The third-order valence-electron chi connectivity index (χ3n) is 5.28. The number of aliphatic hydroxyl groups is 1. The Bertz CT molecular complexity index is 1130. The molecule has 0 bridgehead atoms. The first-order chi connectivity index (χ1) is 14.4. The summed E-state index contributed by atoms with van der Waals surface area (Å²) >= 11 is 1.68. The van der Waals surface area contributed by atoms with Crippen LogP contribution in [0.2, 0.25) is 0 Å². The predicted octanol–water partition coefficient (Wildman–Crippen LogP) is 3.38. The molecule has 3 aromatic rings. The van der Waals surface area contributed by atoms with Crippen LogP contribution in [0.5, 0.6) is 0 Å². The van der Waals surface area contributed by atoms with E-state index in [1.165, 1.54) is 10.4 Å². The highest BCUT2D eigenvalue weighted by Gasteiger charge is 2.32. The Morgan fingerprint density at radius 1 is 1.17 bits per heavy atom. The molecular weight excluding hydrogens is 400 g/mol. The standard InChI is InChI=1S/C22H24N4O3S/c1-12-5-7-16(8-6-12)20-19-13(2)14(3)30-22(19)26-15(4)24-25-21(26)17(23-20)11-18(28)29-10-9-27/h5-8,17,27H,9-11H2,1-4H3/t17-/m0/s1. The fourth-order valence-electron chi connectivity index (χ4n) is 3.61. The highest BCUT2D eigenvalue weighted by molar-refractivity contribution is 7.15. The van der Waals surface area contributed by atoms with Crippen molar-refractivity contribution >= 4 is 23.0 Å². The molecule has 156 valence electrons. The number of carbonyl (C=O) groups is 1. The van der Waals surface area contributed by atoms with Crippen LogP contribution in [-0.4, -0.2) is 44.8 Å². The molecule has 30 heavy (non-hydrogen) atoms. The topological polar surface area (TPSA) is 89.6 Å². The molecule has 0 aliphatic carbocycles. The Labute approximate surface area is 179 Å². The van der Waals surface area contributed by atoms with Crippen LogP contribution in [0.1, 0.15) is 51.2 Å². The SMILES string of the molecule is Cc1ccc(C2=N[C@@H](CC(=O)OCCO)c3nnc(C)n3-c3sc(C)c(C)c32)cc1. The molecule has 0 spiro atoms. The van der Waals surface area contributed by atoms with Crippen LogP contribution in [0.4, 0.5) is 0 Å². The molecule has 3 heterocycles. The molecule has 1 aliphatic rings. The predicted molar refractivity (Wildman–Crippen MR) is 116 cm³/mol. The van der Waals surface area contributed by atoms with Crippen molar-refractivity contribution in [2.75, 3.05) is 13.2 Å². The minimum Gasteiger partial charge on any atom is -0.463 e. The molecule has 1 N–H and O–H groups in total. The lowest BCUT2D eigenvalue weighted by atomic mass is 9.99. The van der Waals surface area contributed by atoms with Crippen molar-refractivity contribution in [2.45, 2.75) is 40.2 Å². The van der Waals surface area contributed by atoms with Gasteiger partial charge >= 0.3 is 5.97 Å². The number of aryl methyl sites for hydroxylation is 3. The Hall–Kier alpha value is -2.84. The van der Waals surface area contributed by atoms with Gasteiger partial charge in [-0.3, -0.25) is 14.4 Å². The summed E-state index contributed by atoms with van der Waals surface area (Å²) in [6.07, 6.45) is 0.0282. The molecule has 0 saturated heterocycles. The molecule has 2 aromatic heterocycles. The van der Waals surface area contributed by atoms with Crippen LogP contribution in [0.3, 0.4) is 0 Å². The maximum absolute atomic E-state index is 12.4. The van der Waals surface area contributed by atoms with Crippen LogP contribution >= 0.6 is 11.3 Å². The molecule has 0 radical (unpaired) electrons. The number of carbonyl (C=O) groups excluding carboxylic acids is 1. The number of aliphatic imine (C=N–C) groups is 1. The van der Waals surface area contributed by atoms with Gasteiger partial charge in [-0.05, 0) is 33.3 Å². The Morgan fingerprint density at radius 2 is 1.90 bits per heavy atom. The van der Waals surface area contributed by atoms with Crippen molar-refractivity contribution in [3.63, 3.8) is 0 Å². The number of rotatable bonds is 5. The van der Waals surface area contributed by atoms with Gasteiger partial charge in [0, 0.05) is 16.0 Å². The lowest BCUT2D eigenvalue weighted by Crippen LogP contribution is -2.15. The van der Waals surface area contributed by atoms with Gasteiger partial charge in [-0.15, -0.1) is 21.5 Å². The molecule has 1 atom stereocenters. The summed E-state index contributed by atoms with van der Waals surface area (Å²) in [6, 6.07) is 7.71. The molecule has 1 aliphatic heterocycles. The summed E-state index contributed by atoms with van der Waals surface area (Å²) < 4.78 is 7.11. The number of hydrogen-bond donors (Lipinski definition) is 1. The summed E-state index contributed by atoms with van der Waals surface area (Å²) in [7, 11) is 0. The molecule has 7 nitrogen and oxygen atoms in total. The monoisotopic (exact) mass is 424 g/mol. The van der Waals surface area contributed by atoms with E-state index in [1.54, 1.807) is 11.3 Å². The second kappa shape index (κ2) is 8.12. The number of aliphatic hydroxyl groups excluding tert-OH is 1. The van der Waals surface area contributed by atoms with Gasteiger partial charge in [0.05, 0.1) is 18.7 Å². The lowest BCUT2D eigenvalue weighted by Gasteiger charge is -2.12. The maximum atomic E-state index is 12.4. The average Bonchev–Trinajstić information content (AvgIpc) is 3.19. The third kappa shape index (κ3) is 3.57. The second-order valence-corrected chi connectivity index (χ2v) is 8.62. The van der Waals surface area contributed by atoms with Crippen LogP contribution in [0.25, 0.3) is 5.00 Å². The zero-order valence-corrected chi connectivity index (χ0v) is 18.3. The van der Waals surface area contributed by atoms with Gasteiger partial charge in [-0.1, -0.05) is 29.8 Å². The number of hydrogen-bond acceptors (Lipinski definition) is 7. The van der Waals surface area contributed by atoms with E-state index in [4.69, 9.17) is 14.8 Å². The van der Waals surface area contributed by atoms with Crippen molar-refractivity contribution < 1.29 is 14.6 Å². The Balaban J connectivity index is 1.91. The summed E-state index contributed by atoms with van der Waals surface area (Å²) in [5.74, 6) is 0.950. The molecule has 0 amide bonds. The zero-order chi connectivity index (χ0) is 21.4. The van der Waals surface area contributed by atoms with Crippen molar-refractivity contribution in [1.29, 1.82) is 0 Å². The number of fused-ring (bicyclic) bond motifs is 3. The van der Waals surface area contributed by atoms with Gasteiger partial charge in [0.15, 0.2) is 5.82 Å². The number of nitrogens with zero attached hydrogens (tertiary/aromatic N) is 4. The van der Waals surface area contributed by atoms with Crippen molar-refractivity contribution in [2.24, 2.45) is 4.99 Å². The molecule has 4 rings (SSSR count). The van der Waals surface area contributed by atoms with Crippen molar-refractivity contribution in [1.82, 2.24) is 14.8 Å². The lowest BCUT2D eigenvalue weighted by molar-refractivity contribution is -0.145. The number of aromatic nitrogens is 3. The highest BCUT2D eigenvalue weighted by atomic mass is 32.1. The molecule has 0 unspecified atom stereocenters. The van der Waals surface area contributed by atoms with E-state index in [2.05, 4.69) is 55.2 Å². The van der Waals surface area contributed by atoms with Gasteiger partial charge in [-0.2, -0.15) is 0 Å². The molecular formula is C22H24N4O3S.